The summed E-state index contributed by atoms with van der Waals surface area (Å²) in [5, 5.41) is 2.75. The van der Waals surface area contributed by atoms with Gasteiger partial charge in [0.15, 0.2) is 0 Å². The lowest BCUT2D eigenvalue weighted by atomic mass is 10.4. The normalized spacial score (nSPS) is 9.92. The quantitative estimate of drug-likeness (QED) is 0.593. The summed E-state index contributed by atoms with van der Waals surface area (Å²) in [5.74, 6) is 0.0321. The van der Waals surface area contributed by atoms with Crippen LogP contribution in [-0.2, 0) is 4.79 Å². The molecule has 0 radical (unpaired) electrons. The maximum Gasteiger partial charge on any atom is 0.216 e. The van der Waals surface area contributed by atoms with Crippen LogP contribution < -0.4 is 5.32 Å². The van der Waals surface area contributed by atoms with Crippen LogP contribution in [0.25, 0.3) is 0 Å². The standard InChI is InChI=1S/C9H18N2O/c1-4-7-11(5-2)8-6-10-9(3)12/h4H,1,5-8H2,2-3H3,(H,10,12). The van der Waals surface area contributed by atoms with Crippen LogP contribution in [0.1, 0.15) is 13.8 Å². The smallest absolute Gasteiger partial charge is 0.216 e. The lowest BCUT2D eigenvalue weighted by molar-refractivity contribution is -0.119. The highest BCUT2D eigenvalue weighted by molar-refractivity contribution is 5.72. The summed E-state index contributed by atoms with van der Waals surface area (Å²) < 4.78 is 0. The number of nitrogens with one attached hydrogen (secondary N) is 1. The molecule has 0 fully saturated rings. The average molecular weight is 170 g/mol. The number of nitrogens with zero attached hydrogens (tertiary/aromatic N) is 1. The van der Waals surface area contributed by atoms with Gasteiger partial charge < -0.3 is 5.32 Å². The molecule has 1 amide bonds. The predicted molar refractivity (Wildman–Crippen MR) is 51.0 cm³/mol. The van der Waals surface area contributed by atoms with Crippen molar-refractivity contribution in [2.75, 3.05) is 26.2 Å². The number of carbonyl (C=O) groups excluding carboxylic acids is 1. The van der Waals surface area contributed by atoms with E-state index in [1.807, 2.05) is 6.08 Å². The zero-order chi connectivity index (χ0) is 9.40. The molecule has 0 aromatic rings. The highest BCUT2D eigenvalue weighted by Crippen LogP contribution is 1.85. The highest BCUT2D eigenvalue weighted by atomic mass is 16.1. The van der Waals surface area contributed by atoms with Gasteiger partial charge in [0.1, 0.15) is 0 Å². The molecule has 3 heteroatoms. The van der Waals surface area contributed by atoms with Crippen molar-refractivity contribution in [2.24, 2.45) is 0 Å². The molecule has 0 aliphatic rings. The van der Waals surface area contributed by atoms with Crippen LogP contribution in [0, 0.1) is 0 Å². The Kier molecular flexibility index (Phi) is 6.38. The maximum absolute atomic E-state index is 10.5. The minimum Gasteiger partial charge on any atom is -0.355 e. The first-order valence-electron chi connectivity index (χ1n) is 4.28. The van der Waals surface area contributed by atoms with Crippen LogP contribution >= 0.6 is 0 Å². The van der Waals surface area contributed by atoms with Crippen LogP contribution in [0.3, 0.4) is 0 Å². The summed E-state index contributed by atoms with van der Waals surface area (Å²) in [5.41, 5.74) is 0. The van der Waals surface area contributed by atoms with Crippen molar-refractivity contribution in [1.29, 1.82) is 0 Å². The summed E-state index contributed by atoms with van der Waals surface area (Å²) in [6, 6.07) is 0. The molecule has 0 bridgehead atoms. The van der Waals surface area contributed by atoms with Gasteiger partial charge in [-0.25, -0.2) is 0 Å². The Morgan fingerprint density at radius 2 is 2.33 bits per heavy atom. The van der Waals surface area contributed by atoms with Gasteiger partial charge in [-0.05, 0) is 6.54 Å². The number of amides is 1. The maximum atomic E-state index is 10.5. The van der Waals surface area contributed by atoms with Gasteiger partial charge >= 0.3 is 0 Å². The fourth-order valence-corrected chi connectivity index (χ4v) is 0.951. The third kappa shape index (κ3) is 5.92. The molecular weight excluding hydrogens is 152 g/mol. The summed E-state index contributed by atoms with van der Waals surface area (Å²) in [7, 11) is 0. The fourth-order valence-electron chi connectivity index (χ4n) is 0.951. The van der Waals surface area contributed by atoms with Crippen molar-refractivity contribution in [3.63, 3.8) is 0 Å². The molecule has 0 saturated carbocycles. The Morgan fingerprint density at radius 1 is 1.67 bits per heavy atom. The van der Waals surface area contributed by atoms with E-state index < -0.39 is 0 Å². The molecule has 0 atom stereocenters. The van der Waals surface area contributed by atoms with E-state index in [1.54, 1.807) is 0 Å². The Balaban J connectivity index is 3.43. The molecule has 0 aliphatic carbocycles. The van der Waals surface area contributed by atoms with Gasteiger partial charge in [-0.2, -0.15) is 0 Å². The van der Waals surface area contributed by atoms with Gasteiger partial charge in [0, 0.05) is 26.6 Å². The Morgan fingerprint density at radius 3 is 2.75 bits per heavy atom. The molecule has 0 saturated heterocycles. The number of hydrogen-bond acceptors (Lipinski definition) is 2. The second-order valence-corrected chi connectivity index (χ2v) is 2.66. The van der Waals surface area contributed by atoms with Crippen LogP contribution in [0.2, 0.25) is 0 Å². The summed E-state index contributed by atoms with van der Waals surface area (Å²) in [4.78, 5) is 12.7. The SMILES string of the molecule is C=CCN(CC)CCNC(C)=O. The van der Waals surface area contributed by atoms with Crippen LogP contribution in [-0.4, -0.2) is 37.0 Å². The third-order valence-corrected chi connectivity index (χ3v) is 1.64. The van der Waals surface area contributed by atoms with Gasteiger partial charge in [0.25, 0.3) is 0 Å². The Hall–Kier alpha value is -0.830. The second kappa shape index (κ2) is 6.85. The van der Waals surface area contributed by atoms with Gasteiger partial charge in [-0.1, -0.05) is 13.0 Å². The van der Waals surface area contributed by atoms with Crippen LogP contribution in [0.15, 0.2) is 12.7 Å². The first kappa shape index (κ1) is 11.2. The van der Waals surface area contributed by atoms with E-state index in [1.165, 1.54) is 6.92 Å². The average Bonchev–Trinajstić information content (AvgIpc) is 2.02. The lowest BCUT2D eigenvalue weighted by Gasteiger charge is -2.17. The van der Waals surface area contributed by atoms with Gasteiger partial charge in [0.2, 0.25) is 5.91 Å². The fraction of sp³-hybridized carbons (Fsp3) is 0.667. The van der Waals surface area contributed by atoms with Gasteiger partial charge in [-0.15, -0.1) is 6.58 Å². The largest absolute Gasteiger partial charge is 0.355 e. The zero-order valence-electron chi connectivity index (χ0n) is 7.97. The van der Waals surface area contributed by atoms with Gasteiger partial charge in [-0.3, -0.25) is 9.69 Å². The minimum absolute atomic E-state index is 0.0321. The highest BCUT2D eigenvalue weighted by Gasteiger charge is 1.98. The van der Waals surface area contributed by atoms with Gasteiger partial charge in [0.05, 0.1) is 0 Å². The lowest BCUT2D eigenvalue weighted by Crippen LogP contribution is -2.33. The van der Waals surface area contributed by atoms with Crippen molar-refractivity contribution < 1.29 is 4.79 Å². The van der Waals surface area contributed by atoms with Crippen molar-refractivity contribution >= 4 is 5.91 Å². The first-order chi connectivity index (χ1) is 5.70. The van der Waals surface area contributed by atoms with Crippen molar-refractivity contribution in [3.05, 3.63) is 12.7 Å². The Labute approximate surface area is 74.4 Å². The summed E-state index contributed by atoms with van der Waals surface area (Å²) in [6.07, 6.45) is 1.87. The van der Waals surface area contributed by atoms with Crippen molar-refractivity contribution in [3.8, 4) is 0 Å². The number of rotatable bonds is 6. The molecule has 12 heavy (non-hydrogen) atoms. The zero-order valence-corrected chi connectivity index (χ0v) is 7.97. The van der Waals surface area contributed by atoms with E-state index >= 15 is 0 Å². The number of hydrogen-bond donors (Lipinski definition) is 1. The van der Waals surface area contributed by atoms with E-state index in [2.05, 4.69) is 23.7 Å². The van der Waals surface area contributed by atoms with E-state index in [-0.39, 0.29) is 5.91 Å². The summed E-state index contributed by atoms with van der Waals surface area (Å²) >= 11 is 0. The number of likely N-dealkylation sites (N-methyl/N-ethyl adjacent to an activating group) is 1. The van der Waals surface area contributed by atoms with E-state index in [0.29, 0.717) is 0 Å². The molecule has 0 aromatic heterocycles. The molecule has 0 heterocycles. The molecule has 0 spiro atoms. The molecule has 3 nitrogen and oxygen atoms in total. The molecule has 1 N–H and O–H groups in total. The van der Waals surface area contributed by atoms with Crippen molar-refractivity contribution in [1.82, 2.24) is 10.2 Å². The Bertz CT molecular complexity index is 145. The summed E-state index contributed by atoms with van der Waals surface area (Å²) in [6.45, 7) is 10.8. The first-order valence-corrected chi connectivity index (χ1v) is 4.28. The third-order valence-electron chi connectivity index (χ3n) is 1.64. The van der Waals surface area contributed by atoms with E-state index in [9.17, 15) is 4.79 Å². The topological polar surface area (TPSA) is 32.3 Å². The molecular formula is C9H18N2O. The van der Waals surface area contributed by atoms with Crippen LogP contribution in [0.5, 0.6) is 0 Å². The molecule has 0 unspecified atom stereocenters. The van der Waals surface area contributed by atoms with Crippen LogP contribution in [0.4, 0.5) is 0 Å². The molecule has 70 valence electrons. The molecule has 0 aliphatic heterocycles. The number of carbonyl (C=O) groups is 1. The molecule has 0 aromatic carbocycles. The molecule has 0 rings (SSSR count). The second-order valence-electron chi connectivity index (χ2n) is 2.66. The minimum atomic E-state index is 0.0321. The van der Waals surface area contributed by atoms with Crippen molar-refractivity contribution in [2.45, 2.75) is 13.8 Å². The predicted octanol–water partition coefficient (Wildman–Crippen LogP) is 0.630. The van der Waals surface area contributed by atoms with E-state index in [0.717, 1.165) is 26.2 Å². The van der Waals surface area contributed by atoms with E-state index in [4.69, 9.17) is 0 Å². The monoisotopic (exact) mass is 170 g/mol.